The Bertz CT molecular complexity index is 665. The molecule has 0 bridgehead atoms. The van der Waals surface area contributed by atoms with Crippen molar-refractivity contribution in [1.82, 2.24) is 20.4 Å². The van der Waals surface area contributed by atoms with E-state index in [0.29, 0.717) is 0 Å². The Balaban J connectivity index is 1.96. The van der Waals surface area contributed by atoms with E-state index in [1.165, 1.54) is 0 Å². The molecule has 2 unspecified atom stereocenters. The summed E-state index contributed by atoms with van der Waals surface area (Å²) < 4.78 is 1.77. The van der Waals surface area contributed by atoms with Crippen molar-refractivity contribution in [3.63, 3.8) is 0 Å². The second kappa shape index (κ2) is 7.49. The fraction of sp³-hybridized carbons (Fsp3) is 0.444. The predicted molar refractivity (Wildman–Crippen MR) is 94.0 cm³/mol. The summed E-state index contributed by atoms with van der Waals surface area (Å²) in [5.41, 5.74) is 0.990. The van der Waals surface area contributed by atoms with Gasteiger partial charge in [-0.3, -0.25) is 0 Å². The molecule has 0 saturated carbocycles. The van der Waals surface area contributed by atoms with Gasteiger partial charge in [0.1, 0.15) is 0 Å². The molecular weight excluding hydrogens is 304 g/mol. The molecular formula is C18H26N4O2. The number of carbonyl (C=O) groups is 1. The SMILES string of the molecule is CC(NC(=O)NCC(C)(O)C(C)C)c1cccc(-n2cccn2)c1. The van der Waals surface area contributed by atoms with Crippen LogP contribution >= 0.6 is 0 Å². The van der Waals surface area contributed by atoms with Crippen molar-refractivity contribution in [1.29, 1.82) is 0 Å². The molecule has 2 rings (SSSR count). The maximum atomic E-state index is 12.1. The molecule has 2 amide bonds. The Kier molecular flexibility index (Phi) is 5.62. The van der Waals surface area contributed by atoms with Crippen LogP contribution in [0.25, 0.3) is 5.69 Å². The lowest BCUT2D eigenvalue weighted by Crippen LogP contribution is -2.47. The van der Waals surface area contributed by atoms with Gasteiger partial charge in [0.25, 0.3) is 0 Å². The molecule has 24 heavy (non-hydrogen) atoms. The van der Waals surface area contributed by atoms with Crippen LogP contribution in [0, 0.1) is 5.92 Å². The van der Waals surface area contributed by atoms with E-state index in [4.69, 9.17) is 0 Å². The van der Waals surface area contributed by atoms with E-state index in [2.05, 4.69) is 15.7 Å². The molecule has 2 aromatic rings. The van der Waals surface area contributed by atoms with E-state index in [1.807, 2.05) is 57.3 Å². The zero-order valence-electron chi connectivity index (χ0n) is 14.7. The first kappa shape index (κ1) is 18.0. The number of amides is 2. The largest absolute Gasteiger partial charge is 0.388 e. The van der Waals surface area contributed by atoms with Crippen LogP contribution in [-0.4, -0.2) is 33.1 Å². The van der Waals surface area contributed by atoms with Gasteiger partial charge in [-0.2, -0.15) is 5.10 Å². The molecule has 0 aliphatic carbocycles. The van der Waals surface area contributed by atoms with Crippen molar-refractivity contribution in [3.8, 4) is 5.69 Å². The first-order valence-electron chi connectivity index (χ1n) is 8.16. The first-order chi connectivity index (χ1) is 11.3. The highest BCUT2D eigenvalue weighted by Crippen LogP contribution is 2.17. The Hall–Kier alpha value is -2.34. The highest BCUT2D eigenvalue weighted by atomic mass is 16.3. The van der Waals surface area contributed by atoms with Crippen LogP contribution in [0.5, 0.6) is 0 Å². The average molecular weight is 330 g/mol. The highest BCUT2D eigenvalue weighted by Gasteiger charge is 2.25. The van der Waals surface area contributed by atoms with Crippen molar-refractivity contribution in [3.05, 3.63) is 48.3 Å². The van der Waals surface area contributed by atoms with E-state index in [-0.39, 0.29) is 24.5 Å². The van der Waals surface area contributed by atoms with Crippen LogP contribution in [0.2, 0.25) is 0 Å². The van der Waals surface area contributed by atoms with Gasteiger partial charge in [0, 0.05) is 18.9 Å². The third-order valence-corrected chi connectivity index (χ3v) is 4.34. The van der Waals surface area contributed by atoms with E-state index in [9.17, 15) is 9.90 Å². The number of urea groups is 1. The number of nitrogens with one attached hydrogen (secondary N) is 2. The summed E-state index contributed by atoms with van der Waals surface area (Å²) in [6.07, 6.45) is 3.60. The summed E-state index contributed by atoms with van der Waals surface area (Å²) in [6.45, 7) is 7.68. The highest BCUT2D eigenvalue weighted by molar-refractivity contribution is 5.74. The Morgan fingerprint density at radius 1 is 1.33 bits per heavy atom. The molecule has 0 saturated heterocycles. The predicted octanol–water partition coefficient (Wildman–Crippen LogP) is 2.64. The van der Waals surface area contributed by atoms with E-state index < -0.39 is 5.60 Å². The minimum absolute atomic E-state index is 0.0565. The molecule has 0 aliphatic rings. The summed E-state index contributed by atoms with van der Waals surface area (Å²) in [7, 11) is 0. The number of carbonyl (C=O) groups excluding carboxylic acids is 1. The second-order valence-corrected chi connectivity index (χ2v) is 6.61. The van der Waals surface area contributed by atoms with Gasteiger partial charge in [-0.25, -0.2) is 9.48 Å². The van der Waals surface area contributed by atoms with Gasteiger partial charge in [-0.1, -0.05) is 26.0 Å². The van der Waals surface area contributed by atoms with Crippen LogP contribution in [0.1, 0.15) is 39.3 Å². The lowest BCUT2D eigenvalue weighted by molar-refractivity contribution is 0.0165. The van der Waals surface area contributed by atoms with Crippen molar-refractivity contribution in [2.45, 2.75) is 39.3 Å². The number of nitrogens with zero attached hydrogens (tertiary/aromatic N) is 2. The van der Waals surface area contributed by atoms with Crippen molar-refractivity contribution >= 4 is 6.03 Å². The fourth-order valence-electron chi connectivity index (χ4n) is 2.15. The van der Waals surface area contributed by atoms with Gasteiger partial charge < -0.3 is 15.7 Å². The summed E-state index contributed by atoms with van der Waals surface area (Å²) >= 11 is 0. The molecule has 130 valence electrons. The number of hydrogen-bond acceptors (Lipinski definition) is 3. The van der Waals surface area contributed by atoms with Crippen LogP contribution in [0.15, 0.2) is 42.7 Å². The second-order valence-electron chi connectivity index (χ2n) is 6.61. The van der Waals surface area contributed by atoms with Crippen LogP contribution in [0.3, 0.4) is 0 Å². The van der Waals surface area contributed by atoms with Gasteiger partial charge >= 0.3 is 6.03 Å². The smallest absolute Gasteiger partial charge is 0.315 e. The summed E-state index contributed by atoms with van der Waals surface area (Å²) in [5, 5.41) is 20.0. The monoisotopic (exact) mass is 330 g/mol. The first-order valence-corrected chi connectivity index (χ1v) is 8.16. The summed E-state index contributed by atoms with van der Waals surface area (Å²) in [4.78, 5) is 12.1. The maximum Gasteiger partial charge on any atom is 0.315 e. The normalized spacial score (nSPS) is 14.9. The molecule has 3 N–H and O–H groups in total. The van der Waals surface area contributed by atoms with E-state index >= 15 is 0 Å². The number of hydrogen-bond donors (Lipinski definition) is 3. The van der Waals surface area contributed by atoms with Crippen molar-refractivity contribution in [2.75, 3.05) is 6.54 Å². The van der Waals surface area contributed by atoms with Gasteiger partial charge in [-0.05, 0) is 43.5 Å². The van der Waals surface area contributed by atoms with Gasteiger partial charge in [0.2, 0.25) is 0 Å². The number of aromatic nitrogens is 2. The number of aliphatic hydroxyl groups is 1. The maximum absolute atomic E-state index is 12.1. The zero-order chi connectivity index (χ0) is 17.7. The summed E-state index contributed by atoms with van der Waals surface area (Å²) in [6, 6.07) is 9.25. The fourth-order valence-corrected chi connectivity index (χ4v) is 2.15. The number of rotatable bonds is 6. The third-order valence-electron chi connectivity index (χ3n) is 4.34. The van der Waals surface area contributed by atoms with Crippen LogP contribution < -0.4 is 10.6 Å². The molecule has 1 aromatic carbocycles. The molecule has 0 fully saturated rings. The molecule has 0 aliphatic heterocycles. The quantitative estimate of drug-likeness (QED) is 0.762. The Morgan fingerprint density at radius 3 is 2.71 bits per heavy atom. The lowest BCUT2D eigenvalue weighted by atomic mass is 9.93. The topological polar surface area (TPSA) is 79.2 Å². The van der Waals surface area contributed by atoms with Crippen LogP contribution in [-0.2, 0) is 0 Å². The number of benzene rings is 1. The van der Waals surface area contributed by atoms with E-state index in [1.54, 1.807) is 17.8 Å². The van der Waals surface area contributed by atoms with Crippen LogP contribution in [0.4, 0.5) is 4.79 Å². The average Bonchev–Trinajstić information content (AvgIpc) is 3.07. The lowest BCUT2D eigenvalue weighted by Gasteiger charge is -2.28. The molecule has 1 heterocycles. The van der Waals surface area contributed by atoms with Gasteiger partial charge in [0.05, 0.1) is 17.3 Å². The minimum atomic E-state index is -0.930. The molecule has 6 nitrogen and oxygen atoms in total. The zero-order valence-corrected chi connectivity index (χ0v) is 14.7. The molecule has 1 aromatic heterocycles. The Labute approximate surface area is 142 Å². The molecule has 6 heteroatoms. The molecule has 2 atom stereocenters. The van der Waals surface area contributed by atoms with Gasteiger partial charge in [0.15, 0.2) is 0 Å². The standard InChI is InChI=1S/C18H26N4O2/c1-13(2)18(4,24)12-19-17(23)21-14(3)15-7-5-8-16(11-15)22-10-6-9-20-22/h5-11,13-14,24H,12H2,1-4H3,(H2,19,21,23). The van der Waals surface area contributed by atoms with Crippen molar-refractivity contribution in [2.24, 2.45) is 5.92 Å². The van der Waals surface area contributed by atoms with Crippen molar-refractivity contribution < 1.29 is 9.90 Å². The molecule has 0 radical (unpaired) electrons. The minimum Gasteiger partial charge on any atom is -0.388 e. The third kappa shape index (κ3) is 4.58. The van der Waals surface area contributed by atoms with E-state index in [0.717, 1.165) is 11.3 Å². The summed E-state index contributed by atoms with van der Waals surface area (Å²) in [5.74, 6) is 0.0565. The Morgan fingerprint density at radius 2 is 2.08 bits per heavy atom. The van der Waals surface area contributed by atoms with Gasteiger partial charge in [-0.15, -0.1) is 0 Å². The molecule has 0 spiro atoms.